The van der Waals surface area contributed by atoms with Crippen LogP contribution >= 0.6 is 11.8 Å². The van der Waals surface area contributed by atoms with E-state index in [2.05, 4.69) is 16.6 Å². The van der Waals surface area contributed by atoms with Gasteiger partial charge in [-0.25, -0.2) is 0 Å². The maximum Gasteiger partial charge on any atom is 0.317 e. The minimum atomic E-state index is -0.575. The fraction of sp³-hybridized carbons (Fsp3) is 0.375. The van der Waals surface area contributed by atoms with Gasteiger partial charge in [0, 0.05) is 11.3 Å². The molecule has 0 fully saturated rings. The Balaban J connectivity index is 2.07. The minimum Gasteiger partial charge on any atom is -0.466 e. The third-order valence-electron chi connectivity index (χ3n) is 2.26. The molecule has 1 aromatic carbocycles. The second kappa shape index (κ2) is 10.8. The third-order valence-corrected chi connectivity index (χ3v) is 3.16. The standard InChI is InChI=1S/C16H18O4S/c1-2-19-15(17)13-16(18)20-11-7-4-8-12-21-14-9-5-3-6-10-14/h3,5-6,9-10H,2,7,11-13H2,1H3. The summed E-state index contributed by atoms with van der Waals surface area (Å²) in [5.74, 6) is 5.48. The highest BCUT2D eigenvalue weighted by Gasteiger charge is 2.10. The second-order valence-corrected chi connectivity index (χ2v) is 4.96. The first-order valence-corrected chi connectivity index (χ1v) is 7.65. The molecule has 21 heavy (non-hydrogen) atoms. The summed E-state index contributed by atoms with van der Waals surface area (Å²) in [6.45, 7) is 2.14. The summed E-state index contributed by atoms with van der Waals surface area (Å²) in [7, 11) is 0. The molecule has 0 heterocycles. The molecule has 112 valence electrons. The van der Waals surface area contributed by atoms with E-state index in [0.29, 0.717) is 12.2 Å². The molecule has 0 unspecified atom stereocenters. The lowest BCUT2D eigenvalue weighted by Gasteiger charge is -2.02. The minimum absolute atomic E-state index is 0.196. The van der Waals surface area contributed by atoms with E-state index in [1.165, 1.54) is 4.90 Å². The van der Waals surface area contributed by atoms with Crippen LogP contribution in [0.1, 0.15) is 19.8 Å². The van der Waals surface area contributed by atoms with Gasteiger partial charge in [-0.3, -0.25) is 9.59 Å². The summed E-state index contributed by atoms with van der Waals surface area (Å²) in [5, 5.41) is 0. The highest BCUT2D eigenvalue weighted by molar-refractivity contribution is 7.99. The lowest BCUT2D eigenvalue weighted by atomic mass is 10.4. The smallest absolute Gasteiger partial charge is 0.317 e. The Labute approximate surface area is 129 Å². The van der Waals surface area contributed by atoms with Gasteiger partial charge in [0.2, 0.25) is 0 Å². The molecular weight excluding hydrogens is 288 g/mol. The van der Waals surface area contributed by atoms with Gasteiger partial charge in [0.1, 0.15) is 13.0 Å². The van der Waals surface area contributed by atoms with Crippen molar-refractivity contribution in [1.82, 2.24) is 0 Å². The van der Waals surface area contributed by atoms with Crippen LogP contribution in [0.5, 0.6) is 0 Å². The summed E-state index contributed by atoms with van der Waals surface area (Å²) >= 11 is 1.66. The van der Waals surface area contributed by atoms with Crippen LogP contribution in [0.15, 0.2) is 35.2 Å². The zero-order chi connectivity index (χ0) is 15.3. The average molecular weight is 306 g/mol. The lowest BCUT2D eigenvalue weighted by Crippen LogP contribution is -2.14. The molecule has 0 amide bonds. The summed E-state index contributed by atoms with van der Waals surface area (Å²) in [6, 6.07) is 10.0. The van der Waals surface area contributed by atoms with Crippen molar-refractivity contribution in [3.05, 3.63) is 30.3 Å². The van der Waals surface area contributed by atoms with E-state index in [0.717, 1.165) is 0 Å². The van der Waals surface area contributed by atoms with Gasteiger partial charge in [0.15, 0.2) is 0 Å². The predicted molar refractivity (Wildman–Crippen MR) is 81.8 cm³/mol. The Bertz CT molecular complexity index is 502. The van der Waals surface area contributed by atoms with Gasteiger partial charge < -0.3 is 9.47 Å². The van der Waals surface area contributed by atoms with E-state index in [9.17, 15) is 9.59 Å². The van der Waals surface area contributed by atoms with E-state index in [4.69, 9.17) is 4.74 Å². The second-order valence-electron chi connectivity index (χ2n) is 3.91. The largest absolute Gasteiger partial charge is 0.466 e. The van der Waals surface area contributed by atoms with Crippen LogP contribution in [0, 0.1) is 11.8 Å². The topological polar surface area (TPSA) is 52.6 Å². The van der Waals surface area contributed by atoms with Gasteiger partial charge in [0.05, 0.1) is 12.4 Å². The highest BCUT2D eigenvalue weighted by Crippen LogP contribution is 2.15. The normalized spacial score (nSPS) is 9.38. The zero-order valence-corrected chi connectivity index (χ0v) is 12.8. The molecule has 0 aliphatic rings. The number of rotatable bonds is 7. The fourth-order valence-electron chi connectivity index (χ4n) is 1.37. The first-order chi connectivity index (χ1) is 10.2. The summed E-state index contributed by atoms with van der Waals surface area (Å²) < 4.78 is 9.52. The maximum absolute atomic E-state index is 11.2. The maximum atomic E-state index is 11.2. The first-order valence-electron chi connectivity index (χ1n) is 6.67. The number of thioether (sulfide) groups is 1. The van der Waals surface area contributed by atoms with Crippen LogP contribution in [0.2, 0.25) is 0 Å². The number of carbonyl (C=O) groups is 2. The van der Waals surface area contributed by atoms with Gasteiger partial charge in [0.25, 0.3) is 0 Å². The van der Waals surface area contributed by atoms with Gasteiger partial charge >= 0.3 is 11.9 Å². The molecule has 0 spiro atoms. The van der Waals surface area contributed by atoms with Crippen molar-refractivity contribution in [1.29, 1.82) is 0 Å². The molecule has 0 atom stereocenters. The predicted octanol–water partition coefficient (Wildman–Crippen LogP) is 2.67. The Kier molecular flexibility index (Phi) is 8.81. The number of hydrogen-bond donors (Lipinski definition) is 0. The molecular formula is C16H18O4S. The third kappa shape index (κ3) is 8.77. The molecule has 0 N–H and O–H groups in total. The fourth-order valence-corrected chi connectivity index (χ4v) is 2.06. The quantitative estimate of drug-likeness (QED) is 0.255. The van der Waals surface area contributed by atoms with Crippen LogP contribution in [0.25, 0.3) is 0 Å². The van der Waals surface area contributed by atoms with Crippen molar-refractivity contribution >= 4 is 23.7 Å². The molecule has 0 bridgehead atoms. The molecule has 0 saturated heterocycles. The molecule has 1 aromatic rings. The van der Waals surface area contributed by atoms with Crippen molar-refractivity contribution in [3.8, 4) is 11.8 Å². The first kappa shape index (κ1) is 17.1. The van der Waals surface area contributed by atoms with E-state index in [1.54, 1.807) is 18.7 Å². The van der Waals surface area contributed by atoms with Crippen molar-refractivity contribution in [3.63, 3.8) is 0 Å². The van der Waals surface area contributed by atoms with E-state index < -0.39 is 11.9 Å². The van der Waals surface area contributed by atoms with Gasteiger partial charge in [-0.1, -0.05) is 30.0 Å². The van der Waals surface area contributed by atoms with E-state index in [1.807, 2.05) is 30.3 Å². The molecule has 4 nitrogen and oxygen atoms in total. The van der Waals surface area contributed by atoms with Crippen molar-refractivity contribution < 1.29 is 19.1 Å². The number of esters is 2. The van der Waals surface area contributed by atoms with Crippen LogP contribution in [-0.2, 0) is 19.1 Å². The monoisotopic (exact) mass is 306 g/mol. The van der Waals surface area contributed by atoms with Crippen LogP contribution < -0.4 is 0 Å². The Hall–Kier alpha value is -1.93. The van der Waals surface area contributed by atoms with Gasteiger partial charge in [-0.05, 0) is 19.1 Å². The number of carbonyl (C=O) groups excluding carboxylic acids is 2. The van der Waals surface area contributed by atoms with Crippen LogP contribution in [-0.4, -0.2) is 30.9 Å². The molecule has 1 rings (SSSR count). The number of ether oxygens (including phenoxy) is 2. The molecule has 0 aromatic heterocycles. The zero-order valence-electron chi connectivity index (χ0n) is 12.0. The van der Waals surface area contributed by atoms with E-state index in [-0.39, 0.29) is 19.6 Å². The highest BCUT2D eigenvalue weighted by atomic mass is 32.2. The lowest BCUT2D eigenvalue weighted by molar-refractivity contribution is -0.154. The van der Waals surface area contributed by atoms with Crippen LogP contribution in [0.3, 0.4) is 0 Å². The summed E-state index contributed by atoms with van der Waals surface area (Å²) in [4.78, 5) is 23.4. The molecule has 0 saturated carbocycles. The molecule has 0 aliphatic carbocycles. The van der Waals surface area contributed by atoms with Crippen LogP contribution in [0.4, 0.5) is 0 Å². The molecule has 0 aliphatic heterocycles. The van der Waals surface area contributed by atoms with Crippen molar-refractivity contribution in [2.24, 2.45) is 0 Å². The number of hydrogen-bond acceptors (Lipinski definition) is 5. The van der Waals surface area contributed by atoms with Crippen molar-refractivity contribution in [2.45, 2.75) is 24.7 Å². The molecule has 0 radical (unpaired) electrons. The SMILES string of the molecule is CCOC(=O)CC(=O)OCCC#CCSc1ccccc1. The average Bonchev–Trinajstić information content (AvgIpc) is 2.47. The summed E-state index contributed by atoms with van der Waals surface area (Å²) in [5.41, 5.74) is 0. The molecule has 5 heteroatoms. The number of benzene rings is 1. The van der Waals surface area contributed by atoms with Gasteiger partial charge in [-0.15, -0.1) is 11.8 Å². The van der Waals surface area contributed by atoms with E-state index >= 15 is 0 Å². The Morgan fingerprint density at radius 3 is 2.52 bits per heavy atom. The summed E-state index contributed by atoms with van der Waals surface area (Å²) in [6.07, 6.45) is 0.120. The Morgan fingerprint density at radius 1 is 1.10 bits per heavy atom. The Morgan fingerprint density at radius 2 is 1.81 bits per heavy atom. The van der Waals surface area contributed by atoms with Gasteiger partial charge in [-0.2, -0.15) is 0 Å². The van der Waals surface area contributed by atoms with Crippen molar-refractivity contribution in [2.75, 3.05) is 19.0 Å².